The minimum Gasteiger partial charge on any atom is -0.466 e. The second kappa shape index (κ2) is 8.23. The first kappa shape index (κ1) is 18.9. The number of esters is 1. The Bertz CT molecular complexity index is 629. The number of nitrogens with zero attached hydrogens (tertiary/aromatic N) is 3. The largest absolute Gasteiger partial charge is 0.466 e. The Hall–Kier alpha value is -1.85. The highest BCUT2D eigenvalue weighted by atomic mass is 16.5. The number of carbonyl (C=O) groups excluding carboxylic acids is 2. The average Bonchev–Trinajstić information content (AvgIpc) is 3.32. The lowest BCUT2D eigenvalue weighted by Gasteiger charge is -2.29. The number of carbonyl (C=O) groups is 2. The Labute approximate surface area is 155 Å². The van der Waals surface area contributed by atoms with Crippen LogP contribution >= 0.6 is 0 Å². The van der Waals surface area contributed by atoms with Gasteiger partial charge >= 0.3 is 5.97 Å². The molecule has 0 aromatic carbocycles. The third-order valence-corrected chi connectivity index (χ3v) is 5.79. The molecule has 1 heterocycles. The van der Waals surface area contributed by atoms with Crippen LogP contribution in [0.2, 0.25) is 0 Å². The van der Waals surface area contributed by atoms with E-state index in [1.807, 2.05) is 31.9 Å². The van der Waals surface area contributed by atoms with Gasteiger partial charge in [0.2, 0.25) is 0 Å². The molecule has 0 unspecified atom stereocenters. The summed E-state index contributed by atoms with van der Waals surface area (Å²) >= 11 is 0. The molecule has 26 heavy (non-hydrogen) atoms. The van der Waals surface area contributed by atoms with E-state index in [1.54, 1.807) is 4.68 Å². The van der Waals surface area contributed by atoms with Crippen molar-refractivity contribution in [1.29, 1.82) is 0 Å². The fraction of sp³-hybridized carbons (Fsp3) is 0.750. The van der Waals surface area contributed by atoms with Gasteiger partial charge in [0.1, 0.15) is 0 Å². The van der Waals surface area contributed by atoms with E-state index in [-0.39, 0.29) is 23.7 Å². The molecule has 1 amide bonds. The number of hydrogen-bond donors (Lipinski definition) is 0. The molecule has 0 N–H and O–H groups in total. The van der Waals surface area contributed by atoms with Crippen molar-refractivity contribution in [2.24, 2.45) is 24.8 Å². The Morgan fingerprint density at radius 1 is 1.27 bits per heavy atom. The van der Waals surface area contributed by atoms with Crippen molar-refractivity contribution in [3.63, 3.8) is 0 Å². The maximum Gasteiger partial charge on any atom is 0.309 e. The molecule has 0 radical (unpaired) electrons. The number of rotatable bonds is 7. The summed E-state index contributed by atoms with van der Waals surface area (Å²) in [6.45, 7) is 5.61. The minimum absolute atomic E-state index is 0.00576. The van der Waals surface area contributed by atoms with Crippen molar-refractivity contribution in [3.05, 3.63) is 17.5 Å². The zero-order valence-corrected chi connectivity index (χ0v) is 16.2. The predicted octanol–water partition coefficient (Wildman–Crippen LogP) is 2.95. The zero-order valence-electron chi connectivity index (χ0n) is 16.2. The van der Waals surface area contributed by atoms with Gasteiger partial charge in [-0.15, -0.1) is 0 Å². The van der Waals surface area contributed by atoms with Gasteiger partial charge in [0.05, 0.1) is 12.5 Å². The average molecular weight is 361 g/mol. The van der Waals surface area contributed by atoms with Gasteiger partial charge in [-0.3, -0.25) is 14.3 Å². The summed E-state index contributed by atoms with van der Waals surface area (Å²) in [6, 6.07) is 1.85. The normalized spacial score (nSPS) is 22.9. The smallest absolute Gasteiger partial charge is 0.309 e. The minimum atomic E-state index is -0.115. The van der Waals surface area contributed by atoms with Crippen LogP contribution < -0.4 is 0 Å². The van der Waals surface area contributed by atoms with E-state index in [1.165, 1.54) is 32.1 Å². The summed E-state index contributed by atoms with van der Waals surface area (Å²) in [7, 11) is 1.86. The summed E-state index contributed by atoms with van der Waals surface area (Å²) in [5.74, 6) is 0.635. The van der Waals surface area contributed by atoms with E-state index in [0.717, 1.165) is 18.7 Å². The number of amides is 1. The third-order valence-electron chi connectivity index (χ3n) is 5.79. The van der Waals surface area contributed by atoms with E-state index in [0.29, 0.717) is 24.8 Å². The van der Waals surface area contributed by atoms with E-state index in [2.05, 4.69) is 5.10 Å². The number of aryl methyl sites for hydroxylation is 2. The first-order chi connectivity index (χ1) is 12.5. The number of aromatic nitrogens is 2. The molecule has 6 heteroatoms. The highest BCUT2D eigenvalue weighted by Gasteiger charge is 2.45. The molecule has 2 aliphatic rings. The van der Waals surface area contributed by atoms with Crippen LogP contribution in [0.15, 0.2) is 6.07 Å². The first-order valence-electron chi connectivity index (χ1n) is 9.96. The summed E-state index contributed by atoms with van der Waals surface area (Å²) in [4.78, 5) is 27.0. The molecule has 2 atom stereocenters. The van der Waals surface area contributed by atoms with Crippen molar-refractivity contribution < 1.29 is 14.3 Å². The van der Waals surface area contributed by atoms with Gasteiger partial charge in [0.25, 0.3) is 5.91 Å². The SMILES string of the molecule is CCOC(=O)[C@@H]1C[C@@H]1CN(CC1CCCCC1)C(=O)c1cc(C)n(C)n1. The molecule has 1 aromatic heterocycles. The van der Waals surface area contributed by atoms with Crippen LogP contribution in [0, 0.1) is 24.7 Å². The van der Waals surface area contributed by atoms with Crippen LogP contribution in [0.1, 0.15) is 61.6 Å². The van der Waals surface area contributed by atoms with E-state index in [9.17, 15) is 9.59 Å². The summed E-state index contributed by atoms with van der Waals surface area (Å²) in [5.41, 5.74) is 1.48. The van der Waals surface area contributed by atoms with Crippen LogP contribution in [0.25, 0.3) is 0 Å². The third kappa shape index (κ3) is 4.46. The molecule has 0 saturated heterocycles. The highest BCUT2D eigenvalue weighted by molar-refractivity contribution is 5.92. The molecule has 2 aliphatic carbocycles. The van der Waals surface area contributed by atoms with Gasteiger partial charge in [-0.25, -0.2) is 0 Å². The fourth-order valence-electron chi connectivity index (χ4n) is 4.02. The van der Waals surface area contributed by atoms with E-state index in [4.69, 9.17) is 4.74 Å². The van der Waals surface area contributed by atoms with Gasteiger partial charge in [0, 0.05) is 25.8 Å². The Morgan fingerprint density at radius 3 is 2.62 bits per heavy atom. The molecular formula is C20H31N3O3. The number of ether oxygens (including phenoxy) is 1. The van der Waals surface area contributed by atoms with Gasteiger partial charge in [0.15, 0.2) is 5.69 Å². The lowest BCUT2D eigenvalue weighted by atomic mass is 9.89. The van der Waals surface area contributed by atoms with Gasteiger partial charge in [-0.05, 0) is 51.0 Å². The van der Waals surface area contributed by atoms with Gasteiger partial charge < -0.3 is 9.64 Å². The molecular weight excluding hydrogens is 330 g/mol. The fourth-order valence-corrected chi connectivity index (χ4v) is 4.02. The molecule has 3 rings (SSSR count). The molecule has 2 fully saturated rings. The Balaban J connectivity index is 1.67. The van der Waals surface area contributed by atoms with E-state index >= 15 is 0 Å². The quantitative estimate of drug-likeness (QED) is 0.701. The second-order valence-electron chi connectivity index (χ2n) is 7.86. The Kier molecular flexibility index (Phi) is 5.99. The molecule has 6 nitrogen and oxygen atoms in total. The predicted molar refractivity (Wildman–Crippen MR) is 98.7 cm³/mol. The monoisotopic (exact) mass is 361 g/mol. The van der Waals surface area contributed by atoms with Crippen LogP contribution in [0.3, 0.4) is 0 Å². The summed E-state index contributed by atoms with van der Waals surface area (Å²) in [5, 5.41) is 4.37. The van der Waals surface area contributed by atoms with Crippen molar-refractivity contribution >= 4 is 11.9 Å². The lowest BCUT2D eigenvalue weighted by Crippen LogP contribution is -2.38. The molecule has 144 valence electrons. The standard InChI is InChI=1S/C20H31N3O3/c1-4-26-20(25)17-11-16(17)13-23(12-15-8-6-5-7-9-15)19(24)18-10-14(2)22(3)21-18/h10,15-17H,4-9,11-13H2,1-3H3/t16-,17-/m1/s1. The van der Waals surface area contributed by atoms with Crippen LogP contribution in [0.5, 0.6) is 0 Å². The van der Waals surface area contributed by atoms with Crippen molar-refractivity contribution in [1.82, 2.24) is 14.7 Å². The maximum absolute atomic E-state index is 13.1. The van der Waals surface area contributed by atoms with E-state index < -0.39 is 0 Å². The maximum atomic E-state index is 13.1. The van der Waals surface area contributed by atoms with Gasteiger partial charge in [-0.2, -0.15) is 5.10 Å². The molecule has 0 bridgehead atoms. The Morgan fingerprint density at radius 2 is 2.00 bits per heavy atom. The number of hydrogen-bond acceptors (Lipinski definition) is 4. The summed E-state index contributed by atoms with van der Waals surface area (Å²) < 4.78 is 6.87. The van der Waals surface area contributed by atoms with Crippen molar-refractivity contribution in [3.8, 4) is 0 Å². The molecule has 0 spiro atoms. The highest BCUT2D eigenvalue weighted by Crippen LogP contribution is 2.40. The molecule has 2 saturated carbocycles. The lowest BCUT2D eigenvalue weighted by molar-refractivity contribution is -0.145. The van der Waals surface area contributed by atoms with Crippen molar-refractivity contribution in [2.45, 2.75) is 52.4 Å². The van der Waals surface area contributed by atoms with Gasteiger partial charge in [-0.1, -0.05) is 19.3 Å². The topological polar surface area (TPSA) is 64.4 Å². The summed E-state index contributed by atoms with van der Waals surface area (Å²) in [6.07, 6.45) is 7.02. The van der Waals surface area contributed by atoms with Crippen LogP contribution in [-0.4, -0.2) is 46.3 Å². The van der Waals surface area contributed by atoms with Crippen LogP contribution in [0.4, 0.5) is 0 Å². The molecule has 1 aromatic rings. The zero-order chi connectivity index (χ0) is 18.7. The molecule has 0 aliphatic heterocycles. The second-order valence-corrected chi connectivity index (χ2v) is 7.86. The van der Waals surface area contributed by atoms with Crippen LogP contribution in [-0.2, 0) is 16.6 Å². The first-order valence-corrected chi connectivity index (χ1v) is 9.96. The van der Waals surface area contributed by atoms with Crippen molar-refractivity contribution in [2.75, 3.05) is 19.7 Å².